The maximum atomic E-state index is 13.4. The smallest absolute Gasteiger partial charge is 0.364 e. The summed E-state index contributed by atoms with van der Waals surface area (Å²) in [5, 5.41) is 136. The summed E-state index contributed by atoms with van der Waals surface area (Å²) < 4.78 is 34.8. The van der Waals surface area contributed by atoms with Crippen LogP contribution >= 0.6 is 0 Å². The van der Waals surface area contributed by atoms with Crippen LogP contribution in [0, 0.1) is 0 Å². The molecule has 18 atom stereocenters. The minimum Gasteiger partial charge on any atom is -0.477 e. The van der Waals surface area contributed by atoms with Crippen molar-refractivity contribution in [1.82, 2.24) is 10.6 Å². The quantitative estimate of drug-likeness (QED) is 0.0237. The molecule has 3 aliphatic heterocycles. The van der Waals surface area contributed by atoms with Crippen LogP contribution in [0.2, 0.25) is 0 Å². The molecule has 14 N–H and O–H groups in total. The van der Waals surface area contributed by atoms with Gasteiger partial charge in [0.2, 0.25) is 11.8 Å². The zero-order valence-electron chi connectivity index (χ0n) is 55.2. The molecule has 0 spiro atoms. The average Bonchev–Trinajstić information content (AvgIpc) is 0.766. The molecule has 23 heteroatoms. The van der Waals surface area contributed by atoms with Gasteiger partial charge in [-0.1, -0.05) is 204 Å². The fourth-order valence-electron chi connectivity index (χ4n) is 12.0. The van der Waals surface area contributed by atoms with Crippen molar-refractivity contribution in [3.63, 3.8) is 0 Å². The standard InChI is InChI=1S/C68H122N2O21/c1-4-6-8-10-12-14-16-18-20-21-22-23-24-25-26-27-28-30-32-34-36-38-40-42-55(78)70-49(50(75)41-39-37-35-33-31-29-19-17-15-13-11-9-7-5-2)47-86-65-60(82)59(81)62(54(46-73)88-65)89-66-61(83)64(58(80)53(45-72)87-66)91-68(67(84)85)43-51(76)56(69-48(3)74)63(90-68)57(79)52(77)44-71/h22-23,25-26,39,41,49-54,56-66,71-73,75-77,79-83H,4-21,24,27-38,40,42-47H2,1-3H3,(H,69,74)(H,70,78)(H,84,85)/b23-22-,26-25-,41-39+. The lowest BCUT2D eigenvalue weighted by molar-refractivity contribution is -0.386. The number of carbonyl (C=O) groups excluding carboxylic acids is 2. The lowest BCUT2D eigenvalue weighted by Crippen LogP contribution is -2.70. The summed E-state index contributed by atoms with van der Waals surface area (Å²) in [6.07, 6.45) is 20.5. The largest absolute Gasteiger partial charge is 0.477 e. The number of allylic oxidation sites excluding steroid dienone is 5. The molecule has 0 saturated carbocycles. The summed E-state index contributed by atoms with van der Waals surface area (Å²) in [6.45, 7) is 2.12. The molecule has 0 aromatic heterocycles. The molecule has 3 saturated heterocycles. The Hall–Kier alpha value is -3.05. The molecule has 3 rings (SSSR count). The Labute approximate surface area is 542 Å². The number of aliphatic hydroxyl groups excluding tert-OH is 11. The third kappa shape index (κ3) is 31.1. The Morgan fingerprint density at radius 2 is 1.07 bits per heavy atom. The van der Waals surface area contributed by atoms with E-state index in [0.717, 1.165) is 84.0 Å². The number of nitrogens with one attached hydrogen (secondary N) is 2. The number of rotatable bonds is 52. The van der Waals surface area contributed by atoms with E-state index in [1.54, 1.807) is 6.08 Å². The number of carboxylic acids is 1. The van der Waals surface area contributed by atoms with Crippen molar-refractivity contribution in [2.24, 2.45) is 0 Å². The van der Waals surface area contributed by atoms with E-state index in [9.17, 15) is 75.7 Å². The van der Waals surface area contributed by atoms with Crippen molar-refractivity contribution in [3.05, 3.63) is 36.5 Å². The number of carbonyl (C=O) groups is 3. The van der Waals surface area contributed by atoms with Gasteiger partial charge >= 0.3 is 5.97 Å². The summed E-state index contributed by atoms with van der Waals surface area (Å²) in [7, 11) is 0. The number of hydrogen-bond donors (Lipinski definition) is 14. The van der Waals surface area contributed by atoms with Crippen molar-refractivity contribution in [2.75, 3.05) is 26.4 Å². The van der Waals surface area contributed by atoms with Crippen LogP contribution in [0.3, 0.4) is 0 Å². The highest BCUT2D eigenvalue weighted by molar-refractivity contribution is 5.77. The molecular weight excluding hydrogens is 1180 g/mol. The minimum atomic E-state index is -3.08. The highest BCUT2D eigenvalue weighted by Gasteiger charge is 2.60. The van der Waals surface area contributed by atoms with Gasteiger partial charge in [0.1, 0.15) is 67.1 Å². The molecule has 0 aromatic carbocycles. The van der Waals surface area contributed by atoms with Crippen LogP contribution < -0.4 is 10.6 Å². The van der Waals surface area contributed by atoms with Crippen LogP contribution in [-0.2, 0) is 42.8 Å². The lowest BCUT2D eigenvalue weighted by atomic mass is 9.88. The summed E-state index contributed by atoms with van der Waals surface area (Å²) in [6, 6.07) is -2.62. The number of amides is 2. The number of hydrogen-bond acceptors (Lipinski definition) is 20. The Kier molecular flexibility index (Phi) is 43.9. The van der Waals surface area contributed by atoms with Crippen molar-refractivity contribution in [1.29, 1.82) is 0 Å². The van der Waals surface area contributed by atoms with Gasteiger partial charge in [-0.05, 0) is 51.4 Å². The van der Waals surface area contributed by atoms with Gasteiger partial charge in [-0.15, -0.1) is 0 Å². The molecule has 18 unspecified atom stereocenters. The summed E-state index contributed by atoms with van der Waals surface area (Å²) in [4.78, 5) is 38.5. The molecule has 3 fully saturated rings. The second-order valence-corrected chi connectivity index (χ2v) is 25.4. The fourth-order valence-corrected chi connectivity index (χ4v) is 12.0. The first-order valence-electron chi connectivity index (χ1n) is 34.9. The van der Waals surface area contributed by atoms with Crippen LogP contribution in [0.1, 0.15) is 239 Å². The summed E-state index contributed by atoms with van der Waals surface area (Å²) in [5.41, 5.74) is 0. The van der Waals surface area contributed by atoms with Crippen molar-refractivity contribution in [2.45, 2.75) is 349 Å². The number of carboxylic acid groups (broad SMARTS) is 1. The molecular formula is C68H122N2O21. The third-order valence-electron chi connectivity index (χ3n) is 17.6. The minimum absolute atomic E-state index is 0.190. The zero-order valence-corrected chi connectivity index (χ0v) is 55.2. The molecule has 2 amide bonds. The Morgan fingerprint density at radius 1 is 0.582 bits per heavy atom. The summed E-state index contributed by atoms with van der Waals surface area (Å²) >= 11 is 0. The van der Waals surface area contributed by atoms with Gasteiger partial charge in [-0.25, -0.2) is 4.79 Å². The van der Waals surface area contributed by atoms with Crippen LogP contribution in [0.5, 0.6) is 0 Å². The first-order valence-corrected chi connectivity index (χ1v) is 34.9. The van der Waals surface area contributed by atoms with E-state index in [1.165, 1.54) is 116 Å². The molecule has 530 valence electrons. The maximum absolute atomic E-state index is 13.4. The van der Waals surface area contributed by atoms with E-state index >= 15 is 0 Å². The summed E-state index contributed by atoms with van der Waals surface area (Å²) in [5.74, 6) is -6.15. The maximum Gasteiger partial charge on any atom is 0.364 e. The fraction of sp³-hybridized carbons (Fsp3) is 0.868. The first kappa shape index (κ1) is 82.2. The first-order chi connectivity index (χ1) is 43.9. The number of aliphatic hydroxyl groups is 11. The van der Waals surface area contributed by atoms with Gasteiger partial charge in [0.25, 0.3) is 5.79 Å². The Bertz CT molecular complexity index is 1990. The van der Waals surface area contributed by atoms with Gasteiger partial charge in [0.05, 0.1) is 50.7 Å². The van der Waals surface area contributed by atoms with Crippen molar-refractivity contribution < 1.29 is 104 Å². The lowest BCUT2D eigenvalue weighted by Gasteiger charge is -2.50. The molecule has 0 aliphatic carbocycles. The molecule has 0 aromatic rings. The van der Waals surface area contributed by atoms with E-state index in [4.69, 9.17) is 28.4 Å². The molecule has 3 aliphatic rings. The number of aliphatic carboxylic acids is 1. The van der Waals surface area contributed by atoms with Gasteiger partial charge in [0.15, 0.2) is 12.6 Å². The Morgan fingerprint density at radius 3 is 1.55 bits per heavy atom. The van der Waals surface area contributed by atoms with Gasteiger partial charge in [-0.3, -0.25) is 9.59 Å². The third-order valence-corrected chi connectivity index (χ3v) is 17.6. The molecule has 0 radical (unpaired) electrons. The molecule has 23 nitrogen and oxygen atoms in total. The van der Waals surface area contributed by atoms with Crippen LogP contribution in [-0.4, -0.2) is 215 Å². The van der Waals surface area contributed by atoms with Crippen LogP contribution in [0.15, 0.2) is 36.5 Å². The zero-order chi connectivity index (χ0) is 66.8. The van der Waals surface area contributed by atoms with Crippen LogP contribution in [0.4, 0.5) is 0 Å². The van der Waals surface area contributed by atoms with E-state index in [-0.39, 0.29) is 12.3 Å². The highest BCUT2D eigenvalue weighted by atomic mass is 16.8. The van der Waals surface area contributed by atoms with Gasteiger partial charge in [0, 0.05) is 19.8 Å². The monoisotopic (exact) mass is 1300 g/mol. The second-order valence-electron chi connectivity index (χ2n) is 25.4. The predicted octanol–water partition coefficient (Wildman–Crippen LogP) is 6.23. The normalized spacial score (nSPS) is 28.6. The van der Waals surface area contributed by atoms with Gasteiger partial charge < -0.3 is 100 Å². The van der Waals surface area contributed by atoms with Crippen molar-refractivity contribution in [3.8, 4) is 0 Å². The SMILES string of the molecule is CCCCCCCCCCC/C=C\C/C=C\CCCCCCCCCC(=O)NC(COC1OC(CO)C(OC2OC(CO)C(O)C(OC3(C(=O)O)CC(O)C(NC(C)=O)C(C(O)C(O)CO)O3)C2O)C(O)C1O)C(O)/C=C/CCCCCCCCCCCCCC. The van der Waals surface area contributed by atoms with E-state index in [1.807, 2.05) is 6.08 Å². The molecule has 0 bridgehead atoms. The predicted molar refractivity (Wildman–Crippen MR) is 343 cm³/mol. The number of unbranched alkanes of at least 4 members (excludes halogenated alkanes) is 28. The van der Waals surface area contributed by atoms with E-state index in [0.29, 0.717) is 12.8 Å². The molecule has 3 heterocycles. The molecule has 91 heavy (non-hydrogen) atoms. The van der Waals surface area contributed by atoms with E-state index < -0.39 is 155 Å². The highest BCUT2D eigenvalue weighted by Crippen LogP contribution is 2.39. The average molecular weight is 1300 g/mol. The van der Waals surface area contributed by atoms with Gasteiger partial charge in [-0.2, -0.15) is 0 Å². The topological polar surface area (TPSA) is 373 Å². The van der Waals surface area contributed by atoms with Crippen LogP contribution in [0.25, 0.3) is 0 Å². The van der Waals surface area contributed by atoms with E-state index in [2.05, 4.69) is 48.8 Å². The van der Waals surface area contributed by atoms with Crippen molar-refractivity contribution >= 4 is 17.8 Å². The number of ether oxygens (including phenoxy) is 6. The second kappa shape index (κ2) is 48.6. The Balaban J connectivity index is 1.59.